The van der Waals surface area contributed by atoms with Crippen LogP contribution in [0.4, 0.5) is 5.69 Å². The van der Waals surface area contributed by atoms with E-state index < -0.39 is 6.29 Å². The Hall–Kier alpha value is -3.15. The molecule has 1 heterocycles. The quantitative estimate of drug-likeness (QED) is 0.263. The van der Waals surface area contributed by atoms with E-state index in [-0.39, 0.29) is 0 Å². The second kappa shape index (κ2) is 9.77. The zero-order chi connectivity index (χ0) is 23.5. The van der Waals surface area contributed by atoms with Gasteiger partial charge in [0.15, 0.2) is 6.29 Å². The zero-order valence-corrected chi connectivity index (χ0v) is 20.0. The fourth-order valence-electron chi connectivity index (χ4n) is 4.39. The Balaban J connectivity index is 2.14. The predicted molar refractivity (Wildman–Crippen MR) is 135 cm³/mol. The molecule has 0 aromatic heterocycles. The first-order chi connectivity index (χ1) is 16.0. The van der Waals surface area contributed by atoms with Gasteiger partial charge >= 0.3 is 0 Å². The molecular formula is C28H32N2O3. The maximum atomic E-state index is 10.8. The summed E-state index contributed by atoms with van der Waals surface area (Å²) in [6.07, 6.45) is -1.01. The van der Waals surface area contributed by atoms with Gasteiger partial charge in [-0.05, 0) is 63.4 Å². The van der Waals surface area contributed by atoms with Crippen LogP contribution in [0.2, 0.25) is 0 Å². The summed E-state index contributed by atoms with van der Waals surface area (Å²) in [5, 5.41) is 16.1. The molecule has 0 bridgehead atoms. The van der Waals surface area contributed by atoms with Crippen molar-refractivity contribution in [3.8, 4) is 22.5 Å². The number of hydrogen-bond donors (Lipinski definition) is 2. The van der Waals surface area contributed by atoms with E-state index in [0.717, 1.165) is 67.7 Å². The highest BCUT2D eigenvalue weighted by molar-refractivity contribution is 6.04. The third kappa shape index (κ3) is 4.39. The van der Waals surface area contributed by atoms with Crippen LogP contribution in [0.1, 0.15) is 43.8 Å². The molecule has 0 fully saturated rings. The maximum absolute atomic E-state index is 10.8. The van der Waals surface area contributed by atoms with Gasteiger partial charge in [-0.25, -0.2) is 0 Å². The summed E-state index contributed by atoms with van der Waals surface area (Å²) >= 11 is 0. The van der Waals surface area contributed by atoms with Gasteiger partial charge in [-0.3, -0.25) is 4.99 Å². The monoisotopic (exact) mass is 444 g/mol. The molecule has 172 valence electrons. The second-order valence-corrected chi connectivity index (χ2v) is 8.17. The molecule has 1 aliphatic heterocycles. The second-order valence-electron chi connectivity index (χ2n) is 8.17. The molecule has 0 radical (unpaired) electrons. The number of aryl methyl sites for hydroxylation is 2. The Morgan fingerprint density at radius 1 is 1.00 bits per heavy atom. The molecule has 33 heavy (non-hydrogen) atoms. The Morgan fingerprint density at radius 2 is 1.79 bits per heavy atom. The summed E-state index contributed by atoms with van der Waals surface area (Å²) < 4.78 is 12.0. The summed E-state index contributed by atoms with van der Waals surface area (Å²) in [4.78, 5) is 4.64. The Labute approximate surface area is 195 Å². The lowest BCUT2D eigenvalue weighted by Crippen LogP contribution is -2.10. The fourth-order valence-corrected chi connectivity index (χ4v) is 4.39. The maximum Gasteiger partial charge on any atom is 0.181 e. The molecule has 2 aromatic rings. The minimum absolute atomic E-state index is 0.424. The van der Waals surface area contributed by atoms with Crippen molar-refractivity contribution < 1.29 is 14.3 Å². The molecule has 0 amide bonds. The van der Waals surface area contributed by atoms with Crippen LogP contribution in [0.3, 0.4) is 0 Å². The number of fused-ring (bicyclic) bond motifs is 2. The van der Waals surface area contributed by atoms with E-state index in [4.69, 9.17) is 9.15 Å². The fraction of sp³-hybridized carbons (Fsp3) is 0.321. The molecule has 1 unspecified atom stereocenters. The minimum Gasteiger partial charge on any atom is -0.456 e. The third-order valence-electron chi connectivity index (χ3n) is 5.90. The topological polar surface area (TPSA) is 67.0 Å². The van der Waals surface area contributed by atoms with Crippen molar-refractivity contribution in [1.82, 2.24) is 0 Å². The number of hydrogen-bond acceptors (Lipinski definition) is 5. The van der Waals surface area contributed by atoms with E-state index in [1.165, 1.54) is 0 Å². The molecule has 5 nitrogen and oxygen atoms in total. The molecule has 0 spiro atoms. The van der Waals surface area contributed by atoms with Crippen molar-refractivity contribution in [2.45, 2.75) is 40.9 Å². The average Bonchev–Trinajstić information content (AvgIpc) is 2.80. The number of benzene rings is 3. The van der Waals surface area contributed by atoms with Gasteiger partial charge in [-0.2, -0.15) is 0 Å². The van der Waals surface area contributed by atoms with Gasteiger partial charge < -0.3 is 19.6 Å². The molecule has 4 rings (SSSR count). The Kier molecular flexibility index (Phi) is 6.82. The molecule has 1 atom stereocenters. The highest BCUT2D eigenvalue weighted by Crippen LogP contribution is 2.43. The number of rotatable bonds is 7. The van der Waals surface area contributed by atoms with Crippen LogP contribution >= 0.6 is 0 Å². The number of aliphatic hydroxyl groups excluding tert-OH is 1. The average molecular weight is 445 g/mol. The van der Waals surface area contributed by atoms with E-state index in [2.05, 4.69) is 49.3 Å². The number of nitrogens with zero attached hydrogens (tertiary/aromatic N) is 1. The molecule has 2 N–H and O–H groups in total. The van der Waals surface area contributed by atoms with E-state index >= 15 is 0 Å². The molecule has 2 aromatic carbocycles. The van der Waals surface area contributed by atoms with Crippen LogP contribution in [-0.4, -0.2) is 24.8 Å². The summed E-state index contributed by atoms with van der Waals surface area (Å²) in [6, 6.07) is 16.3. The number of nitrogens with one attached hydrogen (secondary N) is 1. The van der Waals surface area contributed by atoms with E-state index in [1.54, 1.807) is 0 Å². The van der Waals surface area contributed by atoms with Gasteiger partial charge in [-0.15, -0.1) is 0 Å². The lowest BCUT2D eigenvalue weighted by molar-refractivity contribution is -0.0975. The van der Waals surface area contributed by atoms with E-state index in [9.17, 15) is 5.11 Å². The molecular weight excluding hydrogens is 412 g/mol. The van der Waals surface area contributed by atoms with Crippen molar-refractivity contribution in [1.29, 1.82) is 0 Å². The summed E-state index contributed by atoms with van der Waals surface area (Å²) in [5.74, 6) is 0.766. The SMILES string of the molecule is CCN=c1cc2oc3cc(NCC)c(C)cc3c(-c3ccccc3C(O)OCC)c-2cc1C. The smallest absolute Gasteiger partial charge is 0.181 e. The van der Waals surface area contributed by atoms with Crippen LogP contribution in [0.5, 0.6) is 0 Å². The molecule has 5 heteroatoms. The highest BCUT2D eigenvalue weighted by Gasteiger charge is 2.23. The number of ether oxygens (including phenoxy) is 1. The van der Waals surface area contributed by atoms with E-state index in [1.807, 2.05) is 44.2 Å². The standard InChI is InChI=1S/C28H32N2O3/c1-6-29-23-15-25-21(13-17(23)4)27(19-11-9-10-12-20(19)28(31)32-8-3)22-14-18(5)24(30-7-2)16-26(22)33-25/h9-16,28-29,31H,6-8H2,1-5H3. The summed E-state index contributed by atoms with van der Waals surface area (Å²) in [6.45, 7) is 12.1. The van der Waals surface area contributed by atoms with Crippen molar-refractivity contribution in [3.63, 3.8) is 0 Å². The number of anilines is 1. The van der Waals surface area contributed by atoms with Gasteiger partial charge in [0, 0.05) is 59.6 Å². The van der Waals surface area contributed by atoms with Gasteiger partial charge in [0.05, 0.1) is 5.36 Å². The highest BCUT2D eigenvalue weighted by atomic mass is 16.6. The zero-order valence-electron chi connectivity index (χ0n) is 20.0. The Bertz CT molecular complexity index is 1320. The first kappa shape index (κ1) is 23.0. The summed E-state index contributed by atoms with van der Waals surface area (Å²) in [5.41, 5.74) is 7.74. The van der Waals surface area contributed by atoms with Gasteiger partial charge in [0.2, 0.25) is 0 Å². The lowest BCUT2D eigenvalue weighted by atomic mass is 9.89. The van der Waals surface area contributed by atoms with Crippen LogP contribution in [0.25, 0.3) is 33.4 Å². The van der Waals surface area contributed by atoms with Crippen LogP contribution < -0.4 is 10.7 Å². The normalized spacial score (nSPS) is 13.1. The van der Waals surface area contributed by atoms with Gasteiger partial charge in [-0.1, -0.05) is 24.3 Å². The largest absolute Gasteiger partial charge is 0.456 e. The summed E-state index contributed by atoms with van der Waals surface area (Å²) in [7, 11) is 0. The van der Waals surface area contributed by atoms with Crippen LogP contribution in [0.15, 0.2) is 57.9 Å². The van der Waals surface area contributed by atoms with Crippen LogP contribution in [-0.2, 0) is 4.74 Å². The van der Waals surface area contributed by atoms with Crippen molar-refractivity contribution in [3.05, 3.63) is 70.6 Å². The first-order valence-corrected chi connectivity index (χ1v) is 11.6. The van der Waals surface area contributed by atoms with Crippen molar-refractivity contribution in [2.24, 2.45) is 4.99 Å². The van der Waals surface area contributed by atoms with E-state index in [0.29, 0.717) is 13.2 Å². The minimum atomic E-state index is -1.01. The van der Waals surface area contributed by atoms with Crippen molar-refractivity contribution >= 4 is 16.7 Å². The van der Waals surface area contributed by atoms with Crippen molar-refractivity contribution in [2.75, 3.05) is 25.0 Å². The first-order valence-electron chi connectivity index (χ1n) is 11.6. The number of aliphatic hydroxyl groups is 1. The molecule has 0 saturated heterocycles. The molecule has 2 aliphatic rings. The van der Waals surface area contributed by atoms with Gasteiger partial charge in [0.1, 0.15) is 11.3 Å². The van der Waals surface area contributed by atoms with Gasteiger partial charge in [0.25, 0.3) is 0 Å². The molecule has 1 aliphatic carbocycles. The third-order valence-corrected chi connectivity index (χ3v) is 5.90. The Morgan fingerprint density at radius 3 is 2.52 bits per heavy atom. The van der Waals surface area contributed by atoms with Crippen LogP contribution in [0, 0.1) is 13.8 Å². The predicted octanol–water partition coefficient (Wildman–Crippen LogP) is 6.20. The molecule has 0 saturated carbocycles. The lowest BCUT2D eigenvalue weighted by Gasteiger charge is -2.21.